The molecule has 1 aromatic carbocycles. The summed E-state index contributed by atoms with van der Waals surface area (Å²) in [5.41, 5.74) is 0.0198. The molecule has 1 fully saturated rings. The zero-order valence-electron chi connectivity index (χ0n) is 14.9. The van der Waals surface area contributed by atoms with Gasteiger partial charge in [-0.25, -0.2) is 9.78 Å². The summed E-state index contributed by atoms with van der Waals surface area (Å²) in [6, 6.07) is 4.46. The van der Waals surface area contributed by atoms with Crippen LogP contribution in [0.3, 0.4) is 0 Å². The van der Waals surface area contributed by atoms with Crippen LogP contribution >= 0.6 is 34.5 Å². The van der Waals surface area contributed by atoms with Gasteiger partial charge in [-0.3, -0.25) is 9.69 Å². The second kappa shape index (κ2) is 6.51. The summed E-state index contributed by atoms with van der Waals surface area (Å²) in [4.78, 5) is 31.2. The van der Waals surface area contributed by atoms with Crippen LogP contribution in [0.25, 0.3) is 0 Å². The molecule has 3 rings (SSSR count). The van der Waals surface area contributed by atoms with Crippen LogP contribution in [0.15, 0.2) is 23.6 Å². The van der Waals surface area contributed by atoms with E-state index < -0.39 is 11.6 Å². The van der Waals surface area contributed by atoms with E-state index in [9.17, 15) is 9.59 Å². The highest BCUT2D eigenvalue weighted by molar-refractivity contribution is 7.09. The molecule has 138 valence electrons. The molecule has 0 spiro atoms. The Bertz CT molecular complexity index is 891. The second-order valence-electron chi connectivity index (χ2n) is 7.47. The largest absolute Gasteiger partial charge is 0.325 e. The molecule has 0 aliphatic carbocycles. The third-order valence-corrected chi connectivity index (χ3v) is 6.34. The summed E-state index contributed by atoms with van der Waals surface area (Å²) in [7, 11) is 0. The smallest absolute Gasteiger partial charge is 0.319 e. The first-order valence-corrected chi connectivity index (χ1v) is 9.70. The Labute approximate surface area is 166 Å². The quantitative estimate of drug-likeness (QED) is 0.743. The SMILES string of the molecule is CC(C)(C)c1nc(CN2C(=O)NC(C)(c3ccc(Cl)c(Cl)c3)C2=O)cs1. The minimum absolute atomic E-state index is 0.0746. The molecule has 0 radical (unpaired) electrons. The Morgan fingerprint density at radius 1 is 1.23 bits per heavy atom. The van der Waals surface area contributed by atoms with Gasteiger partial charge in [0, 0.05) is 10.8 Å². The van der Waals surface area contributed by atoms with Gasteiger partial charge in [-0.05, 0) is 24.6 Å². The van der Waals surface area contributed by atoms with Crippen molar-refractivity contribution in [3.8, 4) is 0 Å². The number of rotatable bonds is 3. The first-order valence-electron chi connectivity index (χ1n) is 8.07. The summed E-state index contributed by atoms with van der Waals surface area (Å²) in [6.45, 7) is 8.02. The van der Waals surface area contributed by atoms with Crippen molar-refractivity contribution in [1.82, 2.24) is 15.2 Å². The van der Waals surface area contributed by atoms with Crippen LogP contribution in [0.2, 0.25) is 10.0 Å². The maximum absolute atomic E-state index is 13.0. The number of urea groups is 1. The Hall–Kier alpha value is -1.63. The van der Waals surface area contributed by atoms with Gasteiger partial charge in [-0.2, -0.15) is 0 Å². The van der Waals surface area contributed by atoms with Crippen LogP contribution in [-0.2, 0) is 22.3 Å². The fraction of sp³-hybridized carbons (Fsp3) is 0.389. The minimum Gasteiger partial charge on any atom is -0.319 e. The Balaban J connectivity index is 1.86. The molecule has 1 aliphatic heterocycles. The molecule has 1 saturated heterocycles. The molecule has 8 heteroatoms. The van der Waals surface area contributed by atoms with Crippen LogP contribution in [-0.4, -0.2) is 21.8 Å². The summed E-state index contributed by atoms with van der Waals surface area (Å²) < 4.78 is 0. The molecule has 1 aromatic heterocycles. The molecule has 1 atom stereocenters. The zero-order valence-corrected chi connectivity index (χ0v) is 17.2. The number of halogens is 2. The van der Waals surface area contributed by atoms with E-state index in [1.54, 1.807) is 25.1 Å². The van der Waals surface area contributed by atoms with Crippen molar-refractivity contribution in [3.63, 3.8) is 0 Å². The first kappa shape index (κ1) is 19.1. The lowest BCUT2D eigenvalue weighted by Gasteiger charge is -2.22. The molecule has 0 saturated carbocycles. The van der Waals surface area contributed by atoms with Gasteiger partial charge in [0.1, 0.15) is 5.54 Å². The molecule has 1 unspecified atom stereocenters. The minimum atomic E-state index is -1.19. The Morgan fingerprint density at radius 3 is 2.50 bits per heavy atom. The molecule has 5 nitrogen and oxygen atoms in total. The molecule has 2 heterocycles. The lowest BCUT2D eigenvalue weighted by molar-refractivity contribution is -0.131. The number of carbonyl (C=O) groups excluding carboxylic acids is 2. The summed E-state index contributed by atoms with van der Waals surface area (Å²) in [5.74, 6) is -0.341. The monoisotopic (exact) mass is 411 g/mol. The van der Waals surface area contributed by atoms with Crippen LogP contribution < -0.4 is 5.32 Å². The topological polar surface area (TPSA) is 62.3 Å². The van der Waals surface area contributed by atoms with Crippen molar-refractivity contribution in [3.05, 3.63) is 49.9 Å². The Kier molecular flexibility index (Phi) is 4.80. The number of carbonyl (C=O) groups is 2. The van der Waals surface area contributed by atoms with E-state index in [-0.39, 0.29) is 17.9 Å². The molecule has 0 bridgehead atoms. The number of nitrogens with zero attached hydrogens (tertiary/aromatic N) is 2. The molecular formula is C18H19Cl2N3O2S. The number of hydrogen-bond acceptors (Lipinski definition) is 4. The maximum Gasteiger partial charge on any atom is 0.325 e. The molecular weight excluding hydrogens is 393 g/mol. The van der Waals surface area contributed by atoms with Gasteiger partial charge in [-0.1, -0.05) is 50.0 Å². The second-order valence-corrected chi connectivity index (χ2v) is 9.14. The highest BCUT2D eigenvalue weighted by Gasteiger charge is 2.49. The molecule has 2 aromatic rings. The molecule has 26 heavy (non-hydrogen) atoms. The summed E-state index contributed by atoms with van der Waals surface area (Å²) in [5, 5.41) is 6.34. The zero-order chi connectivity index (χ0) is 19.3. The maximum atomic E-state index is 13.0. The number of imide groups is 1. The van der Waals surface area contributed by atoms with E-state index in [1.807, 2.05) is 5.38 Å². The van der Waals surface area contributed by atoms with E-state index in [2.05, 4.69) is 31.1 Å². The van der Waals surface area contributed by atoms with Crippen molar-refractivity contribution >= 4 is 46.5 Å². The molecule has 3 amide bonds. The number of hydrogen-bond donors (Lipinski definition) is 1. The summed E-state index contributed by atoms with van der Waals surface area (Å²) in [6.07, 6.45) is 0. The van der Waals surface area contributed by atoms with Crippen LogP contribution in [0, 0.1) is 0 Å². The van der Waals surface area contributed by atoms with Crippen LogP contribution in [0.4, 0.5) is 4.79 Å². The van der Waals surface area contributed by atoms with Gasteiger partial charge in [-0.15, -0.1) is 11.3 Å². The van der Waals surface area contributed by atoms with E-state index in [0.29, 0.717) is 21.3 Å². The van der Waals surface area contributed by atoms with E-state index in [4.69, 9.17) is 23.2 Å². The average molecular weight is 412 g/mol. The van der Waals surface area contributed by atoms with Gasteiger partial charge in [0.15, 0.2) is 0 Å². The molecule has 1 N–H and O–H groups in total. The third kappa shape index (κ3) is 3.33. The first-order chi connectivity index (χ1) is 12.0. The normalized spacial score (nSPS) is 20.6. The molecule has 1 aliphatic rings. The fourth-order valence-corrected chi connectivity index (χ4v) is 3.93. The predicted octanol–water partition coefficient (Wildman–Crippen LogP) is 4.71. The lowest BCUT2D eigenvalue weighted by atomic mass is 9.92. The summed E-state index contributed by atoms with van der Waals surface area (Å²) >= 11 is 13.6. The standard InChI is InChI=1S/C18H19Cl2N3O2S/c1-17(2,3)14-21-11(9-26-14)8-23-15(24)18(4,22-16(23)25)10-5-6-12(19)13(20)7-10/h5-7,9H,8H2,1-4H3,(H,22,25). The van der Waals surface area contributed by atoms with Crippen molar-refractivity contribution in [2.45, 2.75) is 45.2 Å². The van der Waals surface area contributed by atoms with Gasteiger partial charge in [0.05, 0.1) is 27.3 Å². The lowest BCUT2D eigenvalue weighted by Crippen LogP contribution is -2.40. The average Bonchev–Trinajstić information content (AvgIpc) is 3.10. The van der Waals surface area contributed by atoms with Gasteiger partial charge < -0.3 is 5.32 Å². The number of aromatic nitrogens is 1. The van der Waals surface area contributed by atoms with Crippen molar-refractivity contribution in [1.29, 1.82) is 0 Å². The highest BCUT2D eigenvalue weighted by Crippen LogP contribution is 2.34. The number of nitrogens with one attached hydrogen (secondary N) is 1. The van der Waals surface area contributed by atoms with Crippen molar-refractivity contribution < 1.29 is 9.59 Å². The van der Waals surface area contributed by atoms with Gasteiger partial charge in [0.25, 0.3) is 5.91 Å². The van der Waals surface area contributed by atoms with Crippen molar-refractivity contribution in [2.75, 3.05) is 0 Å². The van der Waals surface area contributed by atoms with Crippen LogP contribution in [0.5, 0.6) is 0 Å². The third-order valence-electron chi connectivity index (χ3n) is 4.29. The van der Waals surface area contributed by atoms with Gasteiger partial charge >= 0.3 is 6.03 Å². The predicted molar refractivity (Wildman–Crippen MR) is 104 cm³/mol. The highest BCUT2D eigenvalue weighted by atomic mass is 35.5. The fourth-order valence-electron chi connectivity index (χ4n) is 2.73. The van der Waals surface area contributed by atoms with E-state index in [1.165, 1.54) is 16.2 Å². The number of thiazole rings is 1. The number of amides is 3. The number of benzene rings is 1. The van der Waals surface area contributed by atoms with E-state index in [0.717, 1.165) is 5.01 Å². The Morgan fingerprint density at radius 2 is 1.92 bits per heavy atom. The van der Waals surface area contributed by atoms with Crippen LogP contribution in [0.1, 0.15) is 44.0 Å². The van der Waals surface area contributed by atoms with Gasteiger partial charge in [0.2, 0.25) is 0 Å². The van der Waals surface area contributed by atoms with Crippen molar-refractivity contribution in [2.24, 2.45) is 0 Å². The van der Waals surface area contributed by atoms with E-state index >= 15 is 0 Å².